The fraction of sp³-hybridized carbons (Fsp3) is 0.125. The highest BCUT2D eigenvalue weighted by Crippen LogP contribution is 2.26. The third kappa shape index (κ3) is 3.22. The van der Waals surface area contributed by atoms with Crippen molar-refractivity contribution in [2.75, 3.05) is 7.11 Å². The number of para-hydroxylation sites is 2. The van der Waals surface area contributed by atoms with Crippen molar-refractivity contribution in [3.8, 4) is 0 Å². The number of carbonyl (C=O) groups is 2. The van der Waals surface area contributed by atoms with E-state index >= 15 is 0 Å². The number of nitrogens with zero attached hydrogens (tertiary/aromatic N) is 3. The van der Waals surface area contributed by atoms with Crippen molar-refractivity contribution in [1.82, 2.24) is 14.2 Å². The lowest BCUT2D eigenvalue weighted by molar-refractivity contribution is 0.0600. The molecule has 4 rings (SSSR count). The van der Waals surface area contributed by atoms with Crippen molar-refractivity contribution >= 4 is 34.5 Å². The van der Waals surface area contributed by atoms with Crippen LogP contribution < -0.4 is 0 Å². The minimum atomic E-state index is -0.394. The first-order valence-electron chi connectivity index (χ1n) is 9.53. The van der Waals surface area contributed by atoms with E-state index in [1.807, 2.05) is 41.8 Å². The first kappa shape index (κ1) is 19.4. The van der Waals surface area contributed by atoms with Crippen molar-refractivity contribution in [2.24, 2.45) is 0 Å². The van der Waals surface area contributed by atoms with E-state index in [2.05, 4.69) is 16.2 Å². The fourth-order valence-corrected chi connectivity index (χ4v) is 3.62. The van der Waals surface area contributed by atoms with Crippen LogP contribution in [0.5, 0.6) is 0 Å². The van der Waals surface area contributed by atoms with Gasteiger partial charge < -0.3 is 9.30 Å². The lowest BCUT2D eigenvalue weighted by Crippen LogP contribution is -2.02. The predicted octanol–water partition coefficient (Wildman–Crippen LogP) is 4.47. The van der Waals surface area contributed by atoms with E-state index in [-0.39, 0.29) is 5.78 Å². The van der Waals surface area contributed by atoms with Crippen LogP contribution in [0.3, 0.4) is 0 Å². The molecular formula is C24H21N3O3. The number of fused-ring (bicyclic) bond motifs is 3. The molecule has 4 aromatic rings. The maximum absolute atomic E-state index is 13.1. The molecule has 0 spiro atoms. The van der Waals surface area contributed by atoms with Crippen LogP contribution in [0.1, 0.15) is 32.0 Å². The Bertz CT molecular complexity index is 1310. The molecule has 0 N–H and O–H groups in total. The molecule has 0 radical (unpaired) electrons. The standard InChI is InChI=1S/C24H21N3O3/c1-4-15-26-19-7-5-6-8-20(19)27-23(26)22(16(2)25-27)21(28)14-11-17-9-12-18(13-10-17)24(29)30-3/h4-14H,1,15H2,2-3H3/b14-11+. The zero-order valence-corrected chi connectivity index (χ0v) is 16.8. The number of imidazole rings is 1. The number of hydrogen-bond donors (Lipinski definition) is 0. The number of aryl methyl sites for hydroxylation is 1. The van der Waals surface area contributed by atoms with Gasteiger partial charge in [0, 0.05) is 6.54 Å². The minimum Gasteiger partial charge on any atom is -0.465 e. The molecule has 0 amide bonds. The Hall–Kier alpha value is -3.93. The Morgan fingerprint density at radius 1 is 1.10 bits per heavy atom. The van der Waals surface area contributed by atoms with Gasteiger partial charge in [0.2, 0.25) is 0 Å². The van der Waals surface area contributed by atoms with Crippen LogP contribution in [0.25, 0.3) is 22.8 Å². The van der Waals surface area contributed by atoms with E-state index in [0.717, 1.165) is 22.2 Å². The molecule has 0 aliphatic carbocycles. The Labute approximate surface area is 173 Å². The third-order valence-electron chi connectivity index (χ3n) is 5.01. The Kier molecular flexibility index (Phi) is 5.06. The summed E-state index contributed by atoms with van der Waals surface area (Å²) < 4.78 is 8.57. The molecule has 0 unspecified atom stereocenters. The van der Waals surface area contributed by atoms with E-state index in [1.54, 1.807) is 30.3 Å². The normalized spacial score (nSPS) is 11.4. The molecular weight excluding hydrogens is 378 g/mol. The molecule has 6 heteroatoms. The van der Waals surface area contributed by atoms with Gasteiger partial charge in [0.25, 0.3) is 0 Å². The minimum absolute atomic E-state index is 0.132. The lowest BCUT2D eigenvalue weighted by Gasteiger charge is -2.03. The number of aromatic nitrogens is 3. The number of hydrogen-bond acceptors (Lipinski definition) is 4. The van der Waals surface area contributed by atoms with E-state index in [4.69, 9.17) is 4.74 Å². The van der Waals surface area contributed by atoms with Crippen molar-refractivity contribution in [2.45, 2.75) is 13.5 Å². The van der Waals surface area contributed by atoms with Crippen molar-refractivity contribution in [3.63, 3.8) is 0 Å². The third-order valence-corrected chi connectivity index (χ3v) is 5.01. The van der Waals surface area contributed by atoms with Gasteiger partial charge in [-0.2, -0.15) is 5.10 Å². The molecule has 0 aliphatic rings. The average Bonchev–Trinajstić information content (AvgIpc) is 3.26. The van der Waals surface area contributed by atoms with E-state index in [9.17, 15) is 9.59 Å². The molecule has 0 atom stereocenters. The van der Waals surface area contributed by atoms with E-state index in [0.29, 0.717) is 23.4 Å². The molecule has 2 aromatic carbocycles. The molecule has 0 saturated heterocycles. The molecule has 2 heterocycles. The number of esters is 1. The number of ketones is 1. The molecule has 30 heavy (non-hydrogen) atoms. The molecule has 0 saturated carbocycles. The summed E-state index contributed by atoms with van der Waals surface area (Å²) >= 11 is 0. The second kappa shape index (κ2) is 7.83. The second-order valence-corrected chi connectivity index (χ2v) is 6.89. The van der Waals surface area contributed by atoms with Crippen molar-refractivity contribution < 1.29 is 14.3 Å². The quantitative estimate of drug-likeness (QED) is 0.208. The van der Waals surface area contributed by atoms with Crippen molar-refractivity contribution in [1.29, 1.82) is 0 Å². The smallest absolute Gasteiger partial charge is 0.337 e. The highest BCUT2D eigenvalue weighted by Gasteiger charge is 2.21. The second-order valence-electron chi connectivity index (χ2n) is 6.89. The average molecular weight is 399 g/mol. The van der Waals surface area contributed by atoms with Crippen LogP contribution in [-0.4, -0.2) is 33.0 Å². The van der Waals surface area contributed by atoms with Crippen LogP contribution >= 0.6 is 0 Å². The van der Waals surface area contributed by atoms with Crippen LogP contribution in [0.15, 0.2) is 67.3 Å². The van der Waals surface area contributed by atoms with Crippen LogP contribution in [0.2, 0.25) is 0 Å². The van der Waals surface area contributed by atoms with Gasteiger partial charge >= 0.3 is 5.97 Å². The fourth-order valence-electron chi connectivity index (χ4n) is 3.62. The summed E-state index contributed by atoms with van der Waals surface area (Å²) in [6, 6.07) is 14.8. The maximum atomic E-state index is 13.1. The van der Waals surface area contributed by atoms with Gasteiger partial charge in [0.05, 0.1) is 35.0 Å². The highest BCUT2D eigenvalue weighted by molar-refractivity contribution is 6.12. The number of carbonyl (C=O) groups excluding carboxylic acids is 2. The zero-order valence-electron chi connectivity index (χ0n) is 16.8. The largest absolute Gasteiger partial charge is 0.465 e. The first-order valence-corrected chi connectivity index (χ1v) is 9.53. The van der Waals surface area contributed by atoms with Gasteiger partial charge in [-0.25, -0.2) is 9.31 Å². The lowest BCUT2D eigenvalue weighted by atomic mass is 10.1. The summed E-state index contributed by atoms with van der Waals surface area (Å²) in [6.07, 6.45) is 5.07. The van der Waals surface area contributed by atoms with Gasteiger partial charge in [-0.15, -0.1) is 6.58 Å². The zero-order chi connectivity index (χ0) is 21.3. The molecule has 2 aromatic heterocycles. The van der Waals surface area contributed by atoms with Gasteiger partial charge in [0.15, 0.2) is 5.78 Å². The molecule has 150 valence electrons. The number of ether oxygens (including phenoxy) is 1. The number of allylic oxidation sites excluding steroid dienone is 2. The first-order chi connectivity index (χ1) is 14.5. The summed E-state index contributed by atoms with van der Waals surface area (Å²) in [6.45, 7) is 6.26. The van der Waals surface area contributed by atoms with Crippen LogP contribution in [0.4, 0.5) is 0 Å². The van der Waals surface area contributed by atoms with Gasteiger partial charge in [0.1, 0.15) is 5.65 Å². The van der Waals surface area contributed by atoms with Gasteiger partial charge in [-0.3, -0.25) is 4.79 Å². The van der Waals surface area contributed by atoms with Gasteiger partial charge in [-0.1, -0.05) is 36.4 Å². The SMILES string of the molecule is C=CCn1c2ccccc2n2nc(C)c(C(=O)/C=C/c3ccc(C(=O)OC)cc3)c12. The summed E-state index contributed by atoms with van der Waals surface area (Å²) in [5.74, 6) is -0.526. The molecule has 0 aliphatic heterocycles. The predicted molar refractivity (Wildman–Crippen MR) is 117 cm³/mol. The Balaban J connectivity index is 1.74. The number of rotatable bonds is 6. The molecule has 6 nitrogen and oxygen atoms in total. The maximum Gasteiger partial charge on any atom is 0.337 e. The summed E-state index contributed by atoms with van der Waals surface area (Å²) in [5.41, 5.74) is 5.20. The Morgan fingerprint density at radius 2 is 1.80 bits per heavy atom. The number of methoxy groups -OCH3 is 1. The number of benzene rings is 2. The molecule has 0 bridgehead atoms. The van der Waals surface area contributed by atoms with E-state index in [1.165, 1.54) is 13.2 Å². The monoisotopic (exact) mass is 399 g/mol. The van der Waals surface area contributed by atoms with Crippen LogP contribution in [-0.2, 0) is 11.3 Å². The van der Waals surface area contributed by atoms with E-state index < -0.39 is 5.97 Å². The topological polar surface area (TPSA) is 65.6 Å². The highest BCUT2D eigenvalue weighted by atomic mass is 16.5. The molecule has 0 fully saturated rings. The summed E-state index contributed by atoms with van der Waals surface area (Å²) in [4.78, 5) is 24.7. The summed E-state index contributed by atoms with van der Waals surface area (Å²) in [7, 11) is 1.34. The van der Waals surface area contributed by atoms with Crippen molar-refractivity contribution in [3.05, 3.63) is 89.6 Å². The Morgan fingerprint density at radius 3 is 2.47 bits per heavy atom. The van der Waals surface area contributed by atoms with Gasteiger partial charge in [-0.05, 0) is 42.8 Å². The summed E-state index contributed by atoms with van der Waals surface area (Å²) in [5, 5.41) is 4.62. The van der Waals surface area contributed by atoms with Crippen LogP contribution in [0, 0.1) is 6.92 Å².